The first-order valence-corrected chi connectivity index (χ1v) is 8.11. The van der Waals surface area contributed by atoms with E-state index in [9.17, 15) is 14.4 Å². The number of aromatic nitrogens is 2. The lowest BCUT2D eigenvalue weighted by molar-refractivity contribution is -0.122. The van der Waals surface area contributed by atoms with Crippen LogP contribution in [0.4, 0.5) is 0 Å². The number of hydrogen-bond acceptors (Lipinski definition) is 3. The second-order valence-corrected chi connectivity index (χ2v) is 6.40. The van der Waals surface area contributed by atoms with Crippen LogP contribution >= 0.6 is 0 Å². The van der Waals surface area contributed by atoms with Gasteiger partial charge in [-0.15, -0.1) is 0 Å². The van der Waals surface area contributed by atoms with Gasteiger partial charge in [0.25, 0.3) is 5.56 Å². The van der Waals surface area contributed by atoms with Gasteiger partial charge in [-0.25, -0.2) is 4.79 Å². The van der Waals surface area contributed by atoms with Gasteiger partial charge in [0.2, 0.25) is 5.91 Å². The molecule has 126 valence electrons. The zero-order chi connectivity index (χ0) is 17.2. The molecule has 0 saturated heterocycles. The molecule has 1 amide bonds. The van der Waals surface area contributed by atoms with E-state index in [0.717, 1.165) is 23.8 Å². The Morgan fingerprint density at radius 3 is 2.50 bits per heavy atom. The van der Waals surface area contributed by atoms with E-state index in [1.54, 1.807) is 0 Å². The first-order valence-electron chi connectivity index (χ1n) is 8.11. The summed E-state index contributed by atoms with van der Waals surface area (Å²) in [4.78, 5) is 35.6. The SMILES string of the molecule is Cn1c(=O)ccn(CC(=O)NCC2(c3ccccc3)CCC2)c1=O. The molecule has 2 aromatic rings. The zero-order valence-electron chi connectivity index (χ0n) is 13.7. The highest BCUT2D eigenvalue weighted by Crippen LogP contribution is 2.43. The fraction of sp³-hybridized carbons (Fsp3) is 0.389. The summed E-state index contributed by atoms with van der Waals surface area (Å²) in [6, 6.07) is 11.5. The van der Waals surface area contributed by atoms with E-state index in [-0.39, 0.29) is 23.4 Å². The van der Waals surface area contributed by atoms with Crippen molar-refractivity contribution in [3.05, 3.63) is 69.0 Å². The van der Waals surface area contributed by atoms with Crippen LogP contribution in [0.5, 0.6) is 0 Å². The van der Waals surface area contributed by atoms with Crippen molar-refractivity contribution in [2.45, 2.75) is 31.2 Å². The summed E-state index contributed by atoms with van der Waals surface area (Å²) < 4.78 is 2.23. The maximum Gasteiger partial charge on any atom is 0.331 e. The van der Waals surface area contributed by atoms with Gasteiger partial charge in [-0.3, -0.25) is 18.7 Å². The fourth-order valence-corrected chi connectivity index (χ4v) is 3.18. The number of rotatable bonds is 5. The lowest BCUT2D eigenvalue weighted by Crippen LogP contribution is -2.47. The number of carbonyl (C=O) groups excluding carboxylic acids is 1. The van der Waals surface area contributed by atoms with E-state index >= 15 is 0 Å². The maximum absolute atomic E-state index is 12.2. The van der Waals surface area contributed by atoms with Gasteiger partial charge in [-0.1, -0.05) is 36.8 Å². The predicted octanol–water partition coefficient (Wildman–Crippen LogP) is 0.785. The molecule has 0 radical (unpaired) electrons. The maximum atomic E-state index is 12.2. The second-order valence-electron chi connectivity index (χ2n) is 6.40. The van der Waals surface area contributed by atoms with Gasteiger partial charge in [-0.05, 0) is 18.4 Å². The van der Waals surface area contributed by atoms with Crippen LogP contribution in [0.3, 0.4) is 0 Å². The van der Waals surface area contributed by atoms with Crippen LogP contribution < -0.4 is 16.6 Å². The summed E-state index contributed by atoms with van der Waals surface area (Å²) in [5, 5.41) is 2.95. The minimum Gasteiger partial charge on any atom is -0.354 e. The molecule has 1 aromatic carbocycles. The number of benzene rings is 1. The van der Waals surface area contributed by atoms with Crippen molar-refractivity contribution < 1.29 is 4.79 Å². The topological polar surface area (TPSA) is 73.1 Å². The van der Waals surface area contributed by atoms with E-state index < -0.39 is 5.69 Å². The normalized spacial score (nSPS) is 15.5. The molecule has 0 spiro atoms. The van der Waals surface area contributed by atoms with Crippen molar-refractivity contribution in [1.29, 1.82) is 0 Å². The number of carbonyl (C=O) groups is 1. The molecule has 0 unspecified atom stereocenters. The van der Waals surface area contributed by atoms with Crippen LogP contribution in [0.2, 0.25) is 0 Å². The molecule has 1 aromatic heterocycles. The number of hydrogen-bond donors (Lipinski definition) is 1. The Hall–Kier alpha value is -2.63. The molecule has 0 atom stereocenters. The Morgan fingerprint density at radius 1 is 1.17 bits per heavy atom. The third-order valence-corrected chi connectivity index (χ3v) is 4.89. The van der Waals surface area contributed by atoms with E-state index in [2.05, 4.69) is 17.4 Å². The number of nitrogens with one attached hydrogen (secondary N) is 1. The zero-order valence-corrected chi connectivity index (χ0v) is 13.7. The fourth-order valence-electron chi connectivity index (χ4n) is 3.18. The summed E-state index contributed by atoms with van der Waals surface area (Å²) in [5.41, 5.74) is 0.384. The molecule has 1 aliphatic carbocycles. The van der Waals surface area contributed by atoms with Crippen LogP contribution in [-0.4, -0.2) is 21.6 Å². The predicted molar refractivity (Wildman–Crippen MR) is 90.9 cm³/mol. The van der Waals surface area contributed by atoms with Gasteiger partial charge in [0.15, 0.2) is 0 Å². The van der Waals surface area contributed by atoms with Crippen molar-refractivity contribution in [3.63, 3.8) is 0 Å². The van der Waals surface area contributed by atoms with Crippen molar-refractivity contribution >= 4 is 5.91 Å². The lowest BCUT2D eigenvalue weighted by Gasteiger charge is -2.42. The Kier molecular flexibility index (Phi) is 4.38. The molecule has 1 fully saturated rings. The third kappa shape index (κ3) is 3.04. The number of amides is 1. The van der Waals surface area contributed by atoms with Crippen LogP contribution in [-0.2, 0) is 23.8 Å². The van der Waals surface area contributed by atoms with Crippen LogP contribution in [0.1, 0.15) is 24.8 Å². The summed E-state index contributed by atoms with van der Waals surface area (Å²) >= 11 is 0. The first-order chi connectivity index (χ1) is 11.5. The van der Waals surface area contributed by atoms with Crippen molar-refractivity contribution in [2.24, 2.45) is 7.05 Å². The first kappa shape index (κ1) is 16.2. The van der Waals surface area contributed by atoms with E-state index in [4.69, 9.17) is 0 Å². The molecule has 24 heavy (non-hydrogen) atoms. The molecule has 6 heteroatoms. The molecule has 3 rings (SSSR count). The Bertz CT molecular complexity index is 848. The minimum absolute atomic E-state index is 0.00538. The summed E-state index contributed by atoms with van der Waals surface area (Å²) in [6.07, 6.45) is 4.62. The summed E-state index contributed by atoms with van der Waals surface area (Å²) in [6.45, 7) is 0.480. The van der Waals surface area contributed by atoms with Gasteiger partial charge < -0.3 is 5.32 Å². The van der Waals surface area contributed by atoms with Gasteiger partial charge in [-0.2, -0.15) is 0 Å². The van der Waals surface area contributed by atoms with Crippen molar-refractivity contribution in [3.8, 4) is 0 Å². The lowest BCUT2D eigenvalue weighted by atomic mass is 9.64. The van der Waals surface area contributed by atoms with E-state index in [1.165, 1.54) is 29.4 Å². The van der Waals surface area contributed by atoms with Gasteiger partial charge in [0, 0.05) is 31.3 Å². The molecule has 1 aliphatic rings. The molecular weight excluding hydrogens is 306 g/mol. The molecular formula is C18H21N3O3. The largest absolute Gasteiger partial charge is 0.354 e. The molecule has 0 bridgehead atoms. The van der Waals surface area contributed by atoms with Crippen LogP contribution in [0, 0.1) is 0 Å². The van der Waals surface area contributed by atoms with Crippen LogP contribution in [0.15, 0.2) is 52.2 Å². The minimum atomic E-state index is -0.487. The Morgan fingerprint density at radius 2 is 1.88 bits per heavy atom. The summed E-state index contributed by atoms with van der Waals surface area (Å²) in [7, 11) is 1.40. The molecule has 1 heterocycles. The third-order valence-electron chi connectivity index (χ3n) is 4.89. The van der Waals surface area contributed by atoms with Crippen molar-refractivity contribution in [1.82, 2.24) is 14.5 Å². The van der Waals surface area contributed by atoms with Crippen LogP contribution in [0.25, 0.3) is 0 Å². The molecule has 1 N–H and O–H groups in total. The average Bonchev–Trinajstić information content (AvgIpc) is 2.55. The highest BCUT2D eigenvalue weighted by Gasteiger charge is 2.38. The quantitative estimate of drug-likeness (QED) is 0.882. The Balaban J connectivity index is 1.67. The monoisotopic (exact) mass is 327 g/mol. The van der Waals surface area contributed by atoms with Gasteiger partial charge in [0.05, 0.1) is 0 Å². The average molecular weight is 327 g/mol. The molecule has 6 nitrogen and oxygen atoms in total. The van der Waals surface area contributed by atoms with E-state index in [0.29, 0.717) is 6.54 Å². The van der Waals surface area contributed by atoms with Crippen molar-refractivity contribution in [2.75, 3.05) is 6.54 Å². The smallest absolute Gasteiger partial charge is 0.331 e. The summed E-state index contributed by atoms with van der Waals surface area (Å²) in [5.74, 6) is -0.224. The van der Waals surface area contributed by atoms with Gasteiger partial charge in [0.1, 0.15) is 6.54 Å². The van der Waals surface area contributed by atoms with E-state index in [1.807, 2.05) is 18.2 Å². The second kappa shape index (κ2) is 6.47. The Labute approximate surface area is 139 Å². The highest BCUT2D eigenvalue weighted by molar-refractivity contribution is 5.75. The molecule has 1 saturated carbocycles. The van der Waals surface area contributed by atoms with Gasteiger partial charge >= 0.3 is 5.69 Å². The highest BCUT2D eigenvalue weighted by atomic mass is 16.2. The number of nitrogens with zero attached hydrogens (tertiary/aromatic N) is 2. The standard InChI is InChI=1S/C18H21N3O3/c1-20-16(23)8-11-21(17(20)24)12-15(22)19-13-18(9-5-10-18)14-6-3-2-4-7-14/h2-4,6-8,11H,5,9-10,12-13H2,1H3,(H,19,22). The molecule has 0 aliphatic heterocycles.